The SMILES string of the molecule is CC(CNC(=O)CN1CCC[C@H]1CO)c1ccccc1. The van der Waals surface area contributed by atoms with Gasteiger partial charge in [0.25, 0.3) is 0 Å². The molecule has 4 heteroatoms. The van der Waals surface area contributed by atoms with Crippen LogP contribution in [-0.2, 0) is 4.79 Å². The van der Waals surface area contributed by atoms with Crippen LogP contribution in [0.5, 0.6) is 0 Å². The molecule has 0 radical (unpaired) electrons. The van der Waals surface area contributed by atoms with E-state index >= 15 is 0 Å². The van der Waals surface area contributed by atoms with Gasteiger partial charge in [-0.3, -0.25) is 9.69 Å². The van der Waals surface area contributed by atoms with Crippen LogP contribution in [0, 0.1) is 0 Å². The van der Waals surface area contributed by atoms with Gasteiger partial charge in [0.2, 0.25) is 5.91 Å². The van der Waals surface area contributed by atoms with E-state index in [1.165, 1.54) is 5.56 Å². The number of likely N-dealkylation sites (tertiary alicyclic amines) is 1. The highest BCUT2D eigenvalue weighted by Gasteiger charge is 2.25. The molecule has 2 N–H and O–H groups in total. The molecule has 0 aromatic heterocycles. The quantitative estimate of drug-likeness (QED) is 0.825. The topological polar surface area (TPSA) is 52.6 Å². The van der Waals surface area contributed by atoms with E-state index in [1.54, 1.807) is 0 Å². The number of carbonyl (C=O) groups excluding carboxylic acids is 1. The number of hydrogen-bond acceptors (Lipinski definition) is 3. The summed E-state index contributed by atoms with van der Waals surface area (Å²) in [4.78, 5) is 14.0. The number of carbonyl (C=O) groups is 1. The second kappa shape index (κ2) is 7.41. The smallest absolute Gasteiger partial charge is 0.234 e. The first-order valence-corrected chi connectivity index (χ1v) is 7.37. The number of hydrogen-bond donors (Lipinski definition) is 2. The highest BCUT2D eigenvalue weighted by atomic mass is 16.3. The first-order chi connectivity index (χ1) is 9.70. The van der Waals surface area contributed by atoms with E-state index in [2.05, 4.69) is 29.3 Å². The van der Waals surface area contributed by atoms with E-state index in [-0.39, 0.29) is 18.6 Å². The molecule has 110 valence electrons. The Morgan fingerprint density at radius 1 is 1.45 bits per heavy atom. The summed E-state index contributed by atoms with van der Waals surface area (Å²) >= 11 is 0. The standard InChI is InChI=1S/C16H24N2O2/c1-13(14-6-3-2-4-7-14)10-17-16(20)11-18-9-5-8-15(18)12-19/h2-4,6-7,13,15,19H,5,8-12H2,1H3,(H,17,20)/t13?,15-/m0/s1. The van der Waals surface area contributed by atoms with Gasteiger partial charge in [0.15, 0.2) is 0 Å². The molecular weight excluding hydrogens is 252 g/mol. The fraction of sp³-hybridized carbons (Fsp3) is 0.562. The van der Waals surface area contributed by atoms with Crippen molar-refractivity contribution in [2.45, 2.75) is 31.7 Å². The minimum Gasteiger partial charge on any atom is -0.395 e. The molecule has 1 aliphatic rings. The summed E-state index contributed by atoms with van der Waals surface area (Å²) in [6.07, 6.45) is 2.06. The number of benzene rings is 1. The average molecular weight is 276 g/mol. The second-order valence-corrected chi connectivity index (χ2v) is 5.56. The molecule has 2 atom stereocenters. The lowest BCUT2D eigenvalue weighted by Crippen LogP contribution is -2.41. The Morgan fingerprint density at radius 3 is 2.90 bits per heavy atom. The van der Waals surface area contributed by atoms with E-state index in [0.717, 1.165) is 19.4 Å². The van der Waals surface area contributed by atoms with Gasteiger partial charge in [-0.25, -0.2) is 0 Å². The van der Waals surface area contributed by atoms with Crippen LogP contribution in [-0.4, -0.2) is 48.2 Å². The number of amides is 1. The zero-order chi connectivity index (χ0) is 14.4. The number of aliphatic hydroxyl groups is 1. The van der Waals surface area contributed by atoms with Gasteiger partial charge in [-0.1, -0.05) is 37.3 Å². The van der Waals surface area contributed by atoms with Crippen molar-refractivity contribution in [1.82, 2.24) is 10.2 Å². The Bertz CT molecular complexity index is 422. The van der Waals surface area contributed by atoms with Crippen LogP contribution < -0.4 is 5.32 Å². The molecule has 4 nitrogen and oxygen atoms in total. The molecule has 2 rings (SSSR count). The average Bonchev–Trinajstić information content (AvgIpc) is 2.92. The van der Waals surface area contributed by atoms with Crippen molar-refractivity contribution in [3.05, 3.63) is 35.9 Å². The Labute approximate surface area is 120 Å². The van der Waals surface area contributed by atoms with Gasteiger partial charge >= 0.3 is 0 Å². The maximum absolute atomic E-state index is 12.0. The first kappa shape index (κ1) is 15.0. The van der Waals surface area contributed by atoms with Crippen molar-refractivity contribution in [3.8, 4) is 0 Å². The summed E-state index contributed by atoms with van der Waals surface area (Å²) < 4.78 is 0. The van der Waals surface area contributed by atoms with Crippen LogP contribution in [0.1, 0.15) is 31.2 Å². The van der Waals surface area contributed by atoms with E-state index in [9.17, 15) is 9.90 Å². The van der Waals surface area contributed by atoms with Gasteiger partial charge in [0.05, 0.1) is 13.2 Å². The van der Waals surface area contributed by atoms with E-state index in [0.29, 0.717) is 19.0 Å². The van der Waals surface area contributed by atoms with Crippen LogP contribution in [0.3, 0.4) is 0 Å². The molecule has 0 spiro atoms. The monoisotopic (exact) mass is 276 g/mol. The van der Waals surface area contributed by atoms with Crippen molar-refractivity contribution in [3.63, 3.8) is 0 Å². The molecule has 0 saturated carbocycles. The Hall–Kier alpha value is -1.39. The van der Waals surface area contributed by atoms with Gasteiger partial charge in [0.1, 0.15) is 0 Å². The zero-order valence-electron chi connectivity index (χ0n) is 12.1. The number of nitrogens with zero attached hydrogens (tertiary/aromatic N) is 1. The molecule has 1 aromatic carbocycles. The summed E-state index contributed by atoms with van der Waals surface area (Å²) in [6.45, 7) is 4.22. The molecule has 1 fully saturated rings. The van der Waals surface area contributed by atoms with Crippen LogP contribution in [0.4, 0.5) is 0 Å². The Morgan fingerprint density at radius 2 is 2.20 bits per heavy atom. The predicted molar refractivity (Wildman–Crippen MR) is 79.5 cm³/mol. The normalized spacial score (nSPS) is 20.8. The molecule has 1 aliphatic heterocycles. The minimum atomic E-state index is 0.0492. The lowest BCUT2D eigenvalue weighted by Gasteiger charge is -2.22. The van der Waals surface area contributed by atoms with Crippen molar-refractivity contribution >= 4 is 5.91 Å². The third-order valence-electron chi connectivity index (χ3n) is 4.03. The largest absolute Gasteiger partial charge is 0.395 e. The van der Waals surface area contributed by atoms with Gasteiger partial charge in [0, 0.05) is 12.6 Å². The first-order valence-electron chi connectivity index (χ1n) is 7.37. The van der Waals surface area contributed by atoms with Crippen LogP contribution >= 0.6 is 0 Å². The predicted octanol–water partition coefficient (Wildman–Crippen LogP) is 1.36. The van der Waals surface area contributed by atoms with Crippen molar-refractivity contribution in [1.29, 1.82) is 0 Å². The van der Waals surface area contributed by atoms with Gasteiger partial charge < -0.3 is 10.4 Å². The van der Waals surface area contributed by atoms with E-state index < -0.39 is 0 Å². The summed E-state index contributed by atoms with van der Waals surface area (Å²) in [5, 5.41) is 12.2. The molecule has 20 heavy (non-hydrogen) atoms. The van der Waals surface area contributed by atoms with Crippen LogP contribution in [0.25, 0.3) is 0 Å². The molecule has 0 bridgehead atoms. The minimum absolute atomic E-state index is 0.0492. The molecule has 1 amide bonds. The second-order valence-electron chi connectivity index (χ2n) is 5.56. The molecule has 1 aromatic rings. The molecular formula is C16H24N2O2. The Kier molecular flexibility index (Phi) is 5.56. The maximum atomic E-state index is 12.0. The number of aliphatic hydroxyl groups excluding tert-OH is 1. The fourth-order valence-electron chi connectivity index (χ4n) is 2.72. The third-order valence-corrected chi connectivity index (χ3v) is 4.03. The van der Waals surface area contributed by atoms with E-state index in [4.69, 9.17) is 0 Å². The Balaban J connectivity index is 1.75. The highest BCUT2D eigenvalue weighted by molar-refractivity contribution is 5.78. The highest BCUT2D eigenvalue weighted by Crippen LogP contribution is 2.16. The molecule has 1 heterocycles. The summed E-state index contributed by atoms with van der Waals surface area (Å²) in [6, 6.07) is 10.4. The molecule has 0 aliphatic carbocycles. The van der Waals surface area contributed by atoms with Crippen molar-refractivity contribution < 1.29 is 9.90 Å². The zero-order valence-corrected chi connectivity index (χ0v) is 12.1. The van der Waals surface area contributed by atoms with Crippen LogP contribution in [0.2, 0.25) is 0 Å². The third kappa shape index (κ3) is 4.05. The van der Waals surface area contributed by atoms with Crippen molar-refractivity contribution in [2.24, 2.45) is 0 Å². The maximum Gasteiger partial charge on any atom is 0.234 e. The van der Waals surface area contributed by atoms with E-state index in [1.807, 2.05) is 18.2 Å². The summed E-state index contributed by atoms with van der Waals surface area (Å²) in [5.74, 6) is 0.362. The van der Waals surface area contributed by atoms with Crippen molar-refractivity contribution in [2.75, 3.05) is 26.2 Å². The summed E-state index contributed by atoms with van der Waals surface area (Å²) in [5.41, 5.74) is 1.24. The van der Waals surface area contributed by atoms with Crippen LogP contribution in [0.15, 0.2) is 30.3 Å². The lowest BCUT2D eigenvalue weighted by molar-refractivity contribution is -0.122. The number of rotatable bonds is 6. The van der Waals surface area contributed by atoms with Gasteiger partial charge in [-0.05, 0) is 30.9 Å². The molecule has 1 unspecified atom stereocenters. The van der Waals surface area contributed by atoms with Gasteiger partial charge in [-0.2, -0.15) is 0 Å². The lowest BCUT2D eigenvalue weighted by atomic mass is 10.0. The number of nitrogens with one attached hydrogen (secondary N) is 1. The molecule has 1 saturated heterocycles. The van der Waals surface area contributed by atoms with Gasteiger partial charge in [-0.15, -0.1) is 0 Å². The fourth-order valence-corrected chi connectivity index (χ4v) is 2.72. The summed E-state index contributed by atoms with van der Waals surface area (Å²) in [7, 11) is 0.